The topological polar surface area (TPSA) is 80.5 Å². The van der Waals surface area contributed by atoms with Crippen molar-refractivity contribution in [1.29, 1.82) is 0 Å². The first-order chi connectivity index (χ1) is 14.2. The Kier molecular flexibility index (Phi) is 6.96. The molecule has 30 heavy (non-hydrogen) atoms. The van der Waals surface area contributed by atoms with Crippen LogP contribution >= 0.6 is 0 Å². The molecule has 0 atom stereocenters. The molecule has 1 amide bonds. The first kappa shape index (κ1) is 22.1. The summed E-state index contributed by atoms with van der Waals surface area (Å²) in [5, 5.41) is 6.51. The van der Waals surface area contributed by atoms with Crippen molar-refractivity contribution in [3.63, 3.8) is 0 Å². The van der Waals surface area contributed by atoms with E-state index in [2.05, 4.69) is 15.5 Å². The van der Waals surface area contributed by atoms with E-state index in [4.69, 9.17) is 9.26 Å². The number of benzene rings is 1. The maximum absolute atomic E-state index is 13.2. The van der Waals surface area contributed by atoms with Crippen LogP contribution in [0, 0.1) is 0 Å². The number of ether oxygens (including phenoxy) is 1. The summed E-state index contributed by atoms with van der Waals surface area (Å²) in [7, 11) is 0. The second-order valence-corrected chi connectivity index (χ2v) is 7.43. The molecule has 2 aromatic rings. The van der Waals surface area contributed by atoms with Crippen molar-refractivity contribution >= 4 is 17.3 Å². The number of morpholine rings is 1. The summed E-state index contributed by atoms with van der Waals surface area (Å²) in [6, 6.07) is 3.41. The Morgan fingerprint density at radius 2 is 2.00 bits per heavy atom. The van der Waals surface area contributed by atoms with Gasteiger partial charge in [-0.25, -0.2) is 0 Å². The van der Waals surface area contributed by atoms with Crippen molar-refractivity contribution < 1.29 is 27.2 Å². The molecular weight excluding hydrogens is 401 g/mol. The third kappa shape index (κ3) is 5.71. The zero-order valence-electron chi connectivity index (χ0n) is 17.0. The minimum Gasteiger partial charge on any atom is -0.378 e. The highest BCUT2D eigenvalue weighted by molar-refractivity contribution is 5.94. The summed E-state index contributed by atoms with van der Waals surface area (Å²) in [6.07, 6.45) is -3.50. The van der Waals surface area contributed by atoms with Crippen LogP contribution in [0.25, 0.3) is 0 Å². The number of carbonyl (C=O) groups excluding carboxylic acids is 1. The Morgan fingerprint density at radius 3 is 2.63 bits per heavy atom. The minimum absolute atomic E-state index is 0.123. The van der Waals surface area contributed by atoms with Crippen molar-refractivity contribution in [2.75, 3.05) is 36.5 Å². The third-order valence-corrected chi connectivity index (χ3v) is 4.74. The zero-order chi connectivity index (χ0) is 21.7. The van der Waals surface area contributed by atoms with Gasteiger partial charge in [-0.05, 0) is 24.6 Å². The van der Waals surface area contributed by atoms with E-state index in [1.54, 1.807) is 0 Å². The summed E-state index contributed by atoms with van der Waals surface area (Å²) in [6.45, 7) is 5.95. The standard InChI is InChI=1S/C20H25F3N4O3/c1-13(2)19-25-18(30-26-19)5-3-4-17(28)24-15-12-14(20(21,22)23)6-7-16(15)27-8-10-29-11-9-27/h6-7,12-13H,3-5,8-11H2,1-2H3,(H,24,28). The molecule has 0 aliphatic carbocycles. The van der Waals surface area contributed by atoms with E-state index in [9.17, 15) is 18.0 Å². The molecule has 0 unspecified atom stereocenters. The van der Waals surface area contributed by atoms with E-state index >= 15 is 0 Å². The van der Waals surface area contributed by atoms with Gasteiger partial charge in [-0.15, -0.1) is 0 Å². The monoisotopic (exact) mass is 426 g/mol. The molecule has 164 valence electrons. The summed E-state index contributed by atoms with van der Waals surface area (Å²) >= 11 is 0. The van der Waals surface area contributed by atoms with Gasteiger partial charge >= 0.3 is 6.18 Å². The molecule has 1 aromatic carbocycles. The summed E-state index contributed by atoms with van der Waals surface area (Å²) in [5.41, 5.74) is -0.100. The molecule has 1 fully saturated rings. The number of carbonyl (C=O) groups is 1. The Bertz CT molecular complexity index is 861. The van der Waals surface area contributed by atoms with E-state index in [0.717, 1.165) is 12.1 Å². The quantitative estimate of drug-likeness (QED) is 0.721. The Labute approximate surface area is 172 Å². The van der Waals surface area contributed by atoms with Crippen LogP contribution in [0.5, 0.6) is 0 Å². The number of hydrogen-bond acceptors (Lipinski definition) is 6. The second-order valence-electron chi connectivity index (χ2n) is 7.43. The molecule has 0 radical (unpaired) electrons. The summed E-state index contributed by atoms with van der Waals surface area (Å²) in [4.78, 5) is 18.6. The molecule has 0 saturated carbocycles. The lowest BCUT2D eigenvalue weighted by Crippen LogP contribution is -2.36. The minimum atomic E-state index is -4.49. The first-order valence-corrected chi connectivity index (χ1v) is 9.90. The molecule has 3 rings (SSSR count). The van der Waals surface area contributed by atoms with Crippen molar-refractivity contribution in [2.45, 2.75) is 45.2 Å². The Hall–Kier alpha value is -2.62. The van der Waals surface area contributed by atoms with E-state index in [-0.39, 0.29) is 23.9 Å². The van der Waals surface area contributed by atoms with E-state index in [0.29, 0.717) is 56.5 Å². The van der Waals surface area contributed by atoms with Gasteiger partial charge in [0, 0.05) is 31.8 Å². The van der Waals surface area contributed by atoms with Gasteiger partial charge in [0.1, 0.15) is 0 Å². The molecular formula is C20H25F3N4O3. The fourth-order valence-electron chi connectivity index (χ4n) is 3.11. The number of nitrogens with one attached hydrogen (secondary N) is 1. The van der Waals surface area contributed by atoms with Crippen LogP contribution in [0.15, 0.2) is 22.7 Å². The molecule has 1 aromatic heterocycles. The summed E-state index contributed by atoms with van der Waals surface area (Å²) < 4.78 is 49.9. The normalized spacial score (nSPS) is 14.9. The number of rotatable bonds is 7. The number of hydrogen-bond donors (Lipinski definition) is 1. The van der Waals surface area contributed by atoms with E-state index in [1.165, 1.54) is 6.07 Å². The highest BCUT2D eigenvalue weighted by Crippen LogP contribution is 2.35. The number of anilines is 2. The number of amides is 1. The smallest absolute Gasteiger partial charge is 0.378 e. The van der Waals surface area contributed by atoms with Crippen LogP contribution in [-0.4, -0.2) is 42.4 Å². The van der Waals surface area contributed by atoms with Crippen molar-refractivity contribution in [2.24, 2.45) is 0 Å². The van der Waals surface area contributed by atoms with Crippen LogP contribution in [0.1, 0.15) is 49.9 Å². The molecule has 1 saturated heterocycles. The van der Waals surface area contributed by atoms with Crippen molar-refractivity contribution in [3.8, 4) is 0 Å². The molecule has 0 spiro atoms. The molecule has 7 nitrogen and oxygen atoms in total. The molecule has 1 N–H and O–H groups in total. The van der Waals surface area contributed by atoms with E-state index < -0.39 is 11.7 Å². The summed E-state index contributed by atoms with van der Waals surface area (Å²) in [5.74, 6) is 0.825. The van der Waals surface area contributed by atoms with Gasteiger partial charge in [0.25, 0.3) is 0 Å². The highest BCUT2D eigenvalue weighted by Gasteiger charge is 2.32. The van der Waals surface area contributed by atoms with Gasteiger partial charge in [0.2, 0.25) is 11.8 Å². The Balaban J connectivity index is 1.65. The second kappa shape index (κ2) is 9.46. The lowest BCUT2D eigenvalue weighted by Gasteiger charge is -2.31. The average Bonchev–Trinajstić information content (AvgIpc) is 3.17. The number of aryl methyl sites for hydroxylation is 1. The zero-order valence-corrected chi connectivity index (χ0v) is 17.0. The van der Waals surface area contributed by atoms with Crippen molar-refractivity contribution in [3.05, 3.63) is 35.5 Å². The van der Waals surface area contributed by atoms with Gasteiger partial charge in [0.15, 0.2) is 5.82 Å². The first-order valence-electron chi connectivity index (χ1n) is 9.90. The van der Waals surface area contributed by atoms with Crippen LogP contribution in [0.2, 0.25) is 0 Å². The van der Waals surface area contributed by atoms with Gasteiger partial charge in [0.05, 0.1) is 30.2 Å². The van der Waals surface area contributed by atoms with Gasteiger partial charge < -0.3 is 19.5 Å². The van der Waals surface area contributed by atoms with Crippen molar-refractivity contribution in [1.82, 2.24) is 10.1 Å². The molecule has 1 aliphatic rings. The largest absolute Gasteiger partial charge is 0.416 e. The highest BCUT2D eigenvalue weighted by atomic mass is 19.4. The van der Waals surface area contributed by atoms with Gasteiger partial charge in [-0.1, -0.05) is 19.0 Å². The predicted molar refractivity (Wildman–Crippen MR) is 104 cm³/mol. The maximum atomic E-state index is 13.2. The predicted octanol–water partition coefficient (Wildman–Crippen LogP) is 4.01. The molecule has 2 heterocycles. The van der Waals surface area contributed by atoms with Crippen LogP contribution in [0.4, 0.5) is 24.5 Å². The van der Waals surface area contributed by atoms with Crippen LogP contribution < -0.4 is 10.2 Å². The molecule has 0 bridgehead atoms. The fourth-order valence-corrected chi connectivity index (χ4v) is 3.11. The molecule has 10 heteroatoms. The maximum Gasteiger partial charge on any atom is 0.416 e. The van der Waals surface area contributed by atoms with Gasteiger partial charge in [-0.3, -0.25) is 4.79 Å². The number of alkyl halides is 3. The fraction of sp³-hybridized carbons (Fsp3) is 0.550. The van der Waals surface area contributed by atoms with Gasteiger partial charge in [-0.2, -0.15) is 18.2 Å². The SMILES string of the molecule is CC(C)c1noc(CCCC(=O)Nc2cc(C(F)(F)F)ccc2N2CCOCC2)n1. The Morgan fingerprint density at radius 1 is 1.27 bits per heavy atom. The van der Waals surface area contributed by atoms with Crippen LogP contribution in [-0.2, 0) is 22.1 Å². The number of halogens is 3. The molecule has 1 aliphatic heterocycles. The average molecular weight is 426 g/mol. The number of nitrogens with zero attached hydrogens (tertiary/aromatic N) is 3. The third-order valence-electron chi connectivity index (χ3n) is 4.74. The van der Waals surface area contributed by atoms with Crippen LogP contribution in [0.3, 0.4) is 0 Å². The lowest BCUT2D eigenvalue weighted by molar-refractivity contribution is -0.137. The lowest BCUT2D eigenvalue weighted by atomic mass is 10.1. The van der Waals surface area contributed by atoms with E-state index in [1.807, 2.05) is 18.7 Å². The number of aromatic nitrogens is 2.